The normalized spacial score (nSPS) is 16.0. The molecule has 1 aromatic heterocycles. The van der Waals surface area contributed by atoms with Crippen LogP contribution in [0.15, 0.2) is 71.3 Å². The van der Waals surface area contributed by atoms with Crippen LogP contribution in [0.3, 0.4) is 0 Å². The molecule has 1 N–H and O–H groups in total. The summed E-state index contributed by atoms with van der Waals surface area (Å²) in [4.78, 5) is 31.5. The fraction of sp³-hybridized carbons (Fsp3) is 0.320. The van der Waals surface area contributed by atoms with Gasteiger partial charge in [-0.15, -0.1) is 0 Å². The molecule has 1 fully saturated rings. The molecule has 160 valence electrons. The summed E-state index contributed by atoms with van der Waals surface area (Å²) in [5.74, 6) is 0.476. The Morgan fingerprint density at radius 1 is 1.03 bits per heavy atom. The van der Waals surface area contributed by atoms with Crippen molar-refractivity contribution in [3.63, 3.8) is 0 Å². The van der Waals surface area contributed by atoms with Crippen molar-refractivity contribution in [1.29, 1.82) is 0 Å². The van der Waals surface area contributed by atoms with Crippen LogP contribution in [0, 0.1) is 0 Å². The van der Waals surface area contributed by atoms with E-state index in [0.29, 0.717) is 19.0 Å². The van der Waals surface area contributed by atoms with E-state index in [9.17, 15) is 9.59 Å². The predicted molar refractivity (Wildman–Crippen MR) is 117 cm³/mol. The Morgan fingerprint density at radius 3 is 2.32 bits per heavy atom. The van der Waals surface area contributed by atoms with Crippen LogP contribution < -0.4 is 5.32 Å². The number of hydrogen-bond acceptors (Lipinski definition) is 5. The summed E-state index contributed by atoms with van der Waals surface area (Å²) in [5.41, 5.74) is 1.98. The molecule has 0 radical (unpaired) electrons. The summed E-state index contributed by atoms with van der Waals surface area (Å²) in [7, 11) is 0. The number of aromatic nitrogens is 1. The number of benzene rings is 2. The van der Waals surface area contributed by atoms with E-state index in [2.05, 4.69) is 15.2 Å². The molecule has 0 aliphatic carbocycles. The summed E-state index contributed by atoms with van der Waals surface area (Å²) < 4.78 is 5.54. The van der Waals surface area contributed by atoms with E-state index >= 15 is 0 Å². The average Bonchev–Trinajstić information content (AvgIpc) is 3.28. The number of piperidine rings is 1. The monoisotopic (exact) mass is 417 g/mol. The Morgan fingerprint density at radius 2 is 1.68 bits per heavy atom. The van der Waals surface area contributed by atoms with Crippen LogP contribution in [0.2, 0.25) is 0 Å². The van der Waals surface area contributed by atoms with E-state index in [1.807, 2.05) is 60.7 Å². The lowest BCUT2D eigenvalue weighted by atomic mass is 9.70. The first-order chi connectivity index (χ1) is 15.1. The van der Waals surface area contributed by atoms with Crippen molar-refractivity contribution in [2.75, 3.05) is 13.1 Å². The number of nitrogens with one attached hydrogen (secondary N) is 1. The molecule has 1 aliphatic rings. The third-order valence-electron chi connectivity index (χ3n) is 6.15. The van der Waals surface area contributed by atoms with Crippen molar-refractivity contribution in [3.05, 3.63) is 89.6 Å². The van der Waals surface area contributed by atoms with Crippen molar-refractivity contribution < 1.29 is 14.0 Å². The first-order valence-electron chi connectivity index (χ1n) is 10.6. The SMILES string of the molecule is CC(=O)C1(c2ccccc2)CCN(Cc2nc(C(=O)NCc3ccccc3)co2)CC1. The minimum atomic E-state index is -0.420. The smallest absolute Gasteiger partial charge is 0.273 e. The largest absolute Gasteiger partial charge is 0.447 e. The van der Waals surface area contributed by atoms with Gasteiger partial charge in [0.1, 0.15) is 12.0 Å². The Labute approximate surface area is 182 Å². The van der Waals surface area contributed by atoms with Crippen LogP contribution >= 0.6 is 0 Å². The molecule has 1 aliphatic heterocycles. The Bertz CT molecular complexity index is 1020. The zero-order valence-electron chi connectivity index (χ0n) is 17.7. The molecule has 1 amide bonds. The number of amides is 1. The summed E-state index contributed by atoms with van der Waals surface area (Å²) in [6.45, 7) is 4.20. The van der Waals surface area contributed by atoms with Gasteiger partial charge >= 0.3 is 0 Å². The third kappa shape index (κ3) is 4.75. The molecule has 31 heavy (non-hydrogen) atoms. The molecule has 0 bridgehead atoms. The molecule has 0 saturated carbocycles. The van der Waals surface area contributed by atoms with E-state index in [1.54, 1.807) is 6.92 Å². The lowest BCUT2D eigenvalue weighted by molar-refractivity contribution is -0.124. The van der Waals surface area contributed by atoms with Crippen LogP contribution in [0.25, 0.3) is 0 Å². The number of carbonyl (C=O) groups is 2. The molecule has 0 atom stereocenters. The summed E-state index contributed by atoms with van der Waals surface area (Å²) >= 11 is 0. The summed E-state index contributed by atoms with van der Waals surface area (Å²) in [6, 6.07) is 19.8. The molecule has 6 nitrogen and oxygen atoms in total. The van der Waals surface area contributed by atoms with Gasteiger partial charge in [-0.1, -0.05) is 60.7 Å². The number of likely N-dealkylation sites (tertiary alicyclic amines) is 1. The Balaban J connectivity index is 1.33. The first kappa shape index (κ1) is 21.0. The Kier molecular flexibility index (Phi) is 6.28. The highest BCUT2D eigenvalue weighted by atomic mass is 16.3. The van der Waals surface area contributed by atoms with Gasteiger partial charge in [0.15, 0.2) is 5.69 Å². The average molecular weight is 418 g/mol. The van der Waals surface area contributed by atoms with E-state index < -0.39 is 5.41 Å². The molecule has 6 heteroatoms. The fourth-order valence-electron chi connectivity index (χ4n) is 4.24. The van der Waals surface area contributed by atoms with Gasteiger partial charge in [0.05, 0.1) is 12.0 Å². The first-order valence-corrected chi connectivity index (χ1v) is 10.6. The Hall–Kier alpha value is -3.25. The van der Waals surface area contributed by atoms with Crippen molar-refractivity contribution >= 4 is 11.7 Å². The van der Waals surface area contributed by atoms with E-state index in [-0.39, 0.29) is 17.4 Å². The van der Waals surface area contributed by atoms with Crippen LogP contribution in [-0.4, -0.2) is 34.7 Å². The highest BCUT2D eigenvalue weighted by Crippen LogP contribution is 2.36. The van der Waals surface area contributed by atoms with Gasteiger partial charge in [-0.25, -0.2) is 4.98 Å². The number of nitrogens with zero attached hydrogens (tertiary/aromatic N) is 2. The number of rotatable bonds is 7. The molecule has 4 rings (SSSR count). The zero-order chi connectivity index (χ0) is 21.7. The topological polar surface area (TPSA) is 75.4 Å². The van der Waals surface area contributed by atoms with E-state index in [1.165, 1.54) is 6.26 Å². The van der Waals surface area contributed by atoms with E-state index in [4.69, 9.17) is 4.42 Å². The summed E-state index contributed by atoms with van der Waals surface area (Å²) in [6.07, 6.45) is 2.93. The maximum atomic E-state index is 12.5. The highest BCUT2D eigenvalue weighted by Gasteiger charge is 2.40. The molecular weight excluding hydrogens is 390 g/mol. The molecule has 2 heterocycles. The lowest BCUT2D eigenvalue weighted by Gasteiger charge is -2.40. The molecular formula is C25H27N3O3. The predicted octanol–water partition coefficient (Wildman–Crippen LogP) is 3.73. The van der Waals surface area contributed by atoms with Gasteiger partial charge in [-0.05, 0) is 44.0 Å². The summed E-state index contributed by atoms with van der Waals surface area (Å²) in [5, 5.41) is 2.86. The highest BCUT2D eigenvalue weighted by molar-refractivity contribution is 5.91. The fourth-order valence-corrected chi connectivity index (χ4v) is 4.24. The number of oxazole rings is 1. The van der Waals surface area contributed by atoms with Gasteiger partial charge in [-0.3, -0.25) is 14.5 Å². The van der Waals surface area contributed by atoms with Crippen molar-refractivity contribution in [2.45, 2.75) is 38.3 Å². The molecule has 0 spiro atoms. The zero-order valence-corrected chi connectivity index (χ0v) is 17.7. The van der Waals surface area contributed by atoms with Crippen LogP contribution in [0.4, 0.5) is 0 Å². The number of carbonyl (C=O) groups excluding carboxylic acids is 2. The van der Waals surface area contributed by atoms with Crippen LogP contribution in [-0.2, 0) is 23.3 Å². The second kappa shape index (κ2) is 9.27. The number of Topliss-reactive ketones (excluding diaryl/α,β-unsaturated/α-hetero) is 1. The molecule has 0 unspecified atom stereocenters. The molecule has 1 saturated heterocycles. The van der Waals surface area contributed by atoms with Crippen LogP contribution in [0.5, 0.6) is 0 Å². The molecule has 3 aromatic rings. The van der Waals surface area contributed by atoms with Gasteiger partial charge < -0.3 is 9.73 Å². The minimum Gasteiger partial charge on any atom is -0.447 e. The maximum Gasteiger partial charge on any atom is 0.273 e. The quantitative estimate of drug-likeness (QED) is 0.634. The van der Waals surface area contributed by atoms with Crippen LogP contribution in [0.1, 0.15) is 47.3 Å². The van der Waals surface area contributed by atoms with Gasteiger partial charge in [0, 0.05) is 6.54 Å². The van der Waals surface area contributed by atoms with Gasteiger partial charge in [0.25, 0.3) is 5.91 Å². The minimum absolute atomic E-state index is 0.215. The second-order valence-corrected chi connectivity index (χ2v) is 8.08. The van der Waals surface area contributed by atoms with E-state index in [0.717, 1.165) is 37.1 Å². The standard InChI is InChI=1S/C25H27N3O3/c1-19(29)25(21-10-6-3-7-11-21)12-14-28(15-13-25)17-23-27-22(18-31-23)24(30)26-16-20-8-4-2-5-9-20/h2-11,18H,12-17H2,1H3,(H,26,30). The van der Waals surface area contributed by atoms with Crippen molar-refractivity contribution in [1.82, 2.24) is 15.2 Å². The lowest BCUT2D eigenvalue weighted by Crippen LogP contribution is -2.46. The van der Waals surface area contributed by atoms with Gasteiger partial charge in [0.2, 0.25) is 5.89 Å². The van der Waals surface area contributed by atoms with Gasteiger partial charge in [-0.2, -0.15) is 0 Å². The maximum absolute atomic E-state index is 12.5. The molecule has 2 aromatic carbocycles. The number of hydrogen-bond donors (Lipinski definition) is 1. The van der Waals surface area contributed by atoms with Crippen molar-refractivity contribution in [2.24, 2.45) is 0 Å². The van der Waals surface area contributed by atoms with Crippen molar-refractivity contribution in [3.8, 4) is 0 Å². The second-order valence-electron chi connectivity index (χ2n) is 8.08. The number of ketones is 1. The third-order valence-corrected chi connectivity index (χ3v) is 6.15.